The topological polar surface area (TPSA) is 126 Å². The number of carbonyl (C=O) groups is 2. The van der Waals surface area contributed by atoms with Crippen molar-refractivity contribution in [3.05, 3.63) is 28.8 Å². The monoisotopic (exact) mass is 488 g/mol. The molecule has 0 saturated carbocycles. The molecule has 11 heteroatoms. The van der Waals surface area contributed by atoms with E-state index in [9.17, 15) is 14.7 Å². The molecule has 1 aliphatic rings. The first-order valence-electron chi connectivity index (χ1n) is 10.0. The van der Waals surface area contributed by atoms with Crippen molar-refractivity contribution in [2.24, 2.45) is 5.73 Å². The van der Waals surface area contributed by atoms with Crippen molar-refractivity contribution in [2.45, 2.75) is 51.2 Å². The highest BCUT2D eigenvalue weighted by Gasteiger charge is 2.39. The summed E-state index contributed by atoms with van der Waals surface area (Å²) in [5, 5.41) is 17.9. The van der Waals surface area contributed by atoms with Crippen LogP contribution in [0.2, 0.25) is 0 Å². The lowest BCUT2D eigenvalue weighted by atomic mass is 10.1. The highest BCUT2D eigenvalue weighted by Crippen LogP contribution is 2.36. The Labute approximate surface area is 199 Å². The third kappa shape index (κ3) is 6.36. The van der Waals surface area contributed by atoms with Gasteiger partial charge >= 0.3 is 0 Å². The maximum Gasteiger partial charge on any atom is 0.265 e. The van der Waals surface area contributed by atoms with Crippen LogP contribution < -0.4 is 25.8 Å². The minimum atomic E-state index is -0.997. The minimum Gasteiger partial charge on any atom is -0.507 e. The number of rotatable bonds is 10. The van der Waals surface area contributed by atoms with Gasteiger partial charge in [-0.3, -0.25) is 14.5 Å². The molecule has 0 radical (unpaired) electrons. The average Bonchev–Trinajstić information content (AvgIpc) is 3.11. The van der Waals surface area contributed by atoms with Crippen LogP contribution in [0.15, 0.2) is 23.2 Å². The number of halogens is 1. The summed E-state index contributed by atoms with van der Waals surface area (Å²) in [6.45, 7) is 9.09. The Hall–Kier alpha value is -2.30. The second-order valence-corrected chi connectivity index (χ2v) is 8.99. The van der Waals surface area contributed by atoms with Crippen molar-refractivity contribution in [1.29, 1.82) is 0 Å². The number of hydrogen-bond donors (Lipinski definition) is 4. The van der Waals surface area contributed by atoms with E-state index in [0.29, 0.717) is 36.5 Å². The summed E-state index contributed by atoms with van der Waals surface area (Å²) in [5.74, 6) is -0.766. The molecule has 0 fully saturated rings. The van der Waals surface area contributed by atoms with E-state index in [0.717, 1.165) is 0 Å². The average molecular weight is 489 g/mol. The maximum atomic E-state index is 13.1. The lowest BCUT2D eigenvalue weighted by Crippen LogP contribution is -2.56. The third-order valence-corrected chi connectivity index (χ3v) is 6.25. The molecule has 1 aromatic carbocycles. The number of nitrogens with two attached hydrogens (primary N) is 1. The van der Waals surface area contributed by atoms with Gasteiger partial charge in [-0.05, 0) is 27.7 Å². The Morgan fingerprint density at radius 1 is 1.19 bits per heavy atom. The summed E-state index contributed by atoms with van der Waals surface area (Å²) in [5.41, 5.74) is 5.68. The highest BCUT2D eigenvalue weighted by molar-refractivity contribution is 8.03. The number of nitrogens with one attached hydrogen (secondary N) is 2. The van der Waals surface area contributed by atoms with E-state index in [1.807, 2.05) is 0 Å². The van der Waals surface area contributed by atoms with Crippen molar-refractivity contribution in [2.75, 3.05) is 20.8 Å². The zero-order valence-corrected chi connectivity index (χ0v) is 20.9. The number of carbonyl (C=O) groups excluding carboxylic acids is 2. The fourth-order valence-electron chi connectivity index (χ4n) is 3.50. The smallest absolute Gasteiger partial charge is 0.265 e. The number of phenolic OH excluding ortho intramolecular Hbond substituents is 1. The molecule has 1 aliphatic heterocycles. The molecule has 0 saturated heterocycles. The zero-order valence-electron chi connectivity index (χ0n) is 19.2. The molecule has 1 heterocycles. The summed E-state index contributed by atoms with van der Waals surface area (Å²) >= 11 is 1.27. The standard InChI is InChI=1S/C21H32N4O5S.ClH/c1-12(2)25(13(3)4)8-7-21(23-15(11-31-21)19(22)27)24-20(28)14-9-17(29-5)18(30-6)10-16(14)26;/h9-13,23,26H,7-8H2,1-6H3,(H2,22,27)(H,24,28);1H. The van der Waals surface area contributed by atoms with Gasteiger partial charge in [0.1, 0.15) is 11.4 Å². The van der Waals surface area contributed by atoms with Gasteiger partial charge in [0.05, 0.1) is 19.8 Å². The number of hydrogen-bond acceptors (Lipinski definition) is 8. The van der Waals surface area contributed by atoms with Crippen LogP contribution in [-0.4, -0.2) is 59.7 Å². The van der Waals surface area contributed by atoms with E-state index in [1.165, 1.54) is 38.1 Å². The molecule has 0 aliphatic carbocycles. The molecule has 2 rings (SSSR count). The Morgan fingerprint density at radius 3 is 2.22 bits per heavy atom. The second-order valence-electron chi connectivity index (χ2n) is 7.82. The first kappa shape index (κ1) is 27.7. The van der Waals surface area contributed by atoms with Crippen LogP contribution in [0.1, 0.15) is 44.5 Å². The SMILES string of the molecule is COc1cc(O)c(C(=O)NC2(CCN(C(C)C)C(C)C)NC(C(N)=O)=CS2)cc1OC.Cl. The van der Waals surface area contributed by atoms with Crippen LogP contribution in [0.25, 0.3) is 0 Å². The molecule has 9 nitrogen and oxygen atoms in total. The van der Waals surface area contributed by atoms with Gasteiger partial charge in [-0.1, -0.05) is 11.8 Å². The Kier molecular flexibility index (Phi) is 9.99. The summed E-state index contributed by atoms with van der Waals surface area (Å²) in [7, 11) is 2.89. The van der Waals surface area contributed by atoms with E-state index in [-0.39, 0.29) is 29.4 Å². The van der Waals surface area contributed by atoms with Crippen LogP contribution >= 0.6 is 24.2 Å². The summed E-state index contributed by atoms with van der Waals surface area (Å²) in [6.07, 6.45) is 0.487. The van der Waals surface area contributed by atoms with Crippen molar-refractivity contribution < 1.29 is 24.2 Å². The number of ether oxygens (including phenoxy) is 2. The quantitative estimate of drug-likeness (QED) is 0.395. The van der Waals surface area contributed by atoms with Gasteiger partial charge in [0.25, 0.3) is 11.8 Å². The van der Waals surface area contributed by atoms with Crippen LogP contribution in [0, 0.1) is 0 Å². The first-order valence-corrected chi connectivity index (χ1v) is 10.9. The highest BCUT2D eigenvalue weighted by atomic mass is 35.5. The molecule has 0 aromatic heterocycles. The van der Waals surface area contributed by atoms with Gasteiger partial charge in [0.2, 0.25) is 0 Å². The molecule has 32 heavy (non-hydrogen) atoms. The summed E-state index contributed by atoms with van der Waals surface area (Å²) < 4.78 is 10.4. The molecule has 5 N–H and O–H groups in total. The van der Waals surface area contributed by atoms with E-state index in [4.69, 9.17) is 15.2 Å². The minimum absolute atomic E-state index is 0. The number of amides is 2. The Bertz CT molecular complexity index is 857. The zero-order chi connectivity index (χ0) is 23.3. The van der Waals surface area contributed by atoms with Gasteiger partial charge in [-0.25, -0.2) is 0 Å². The fourth-order valence-corrected chi connectivity index (χ4v) is 4.52. The number of phenols is 1. The molecule has 1 unspecified atom stereocenters. The molecule has 0 spiro atoms. The predicted octanol–water partition coefficient (Wildman–Crippen LogP) is 2.39. The van der Waals surface area contributed by atoms with E-state index < -0.39 is 16.8 Å². The van der Waals surface area contributed by atoms with Crippen LogP contribution in [0.5, 0.6) is 17.2 Å². The largest absolute Gasteiger partial charge is 0.507 e. The Balaban J connectivity index is 0.00000512. The molecule has 1 atom stereocenters. The van der Waals surface area contributed by atoms with Gasteiger partial charge in [-0.2, -0.15) is 0 Å². The molecule has 1 aromatic rings. The number of primary amides is 1. The number of nitrogens with zero attached hydrogens (tertiary/aromatic N) is 1. The number of thioether (sulfide) groups is 1. The number of benzene rings is 1. The van der Waals surface area contributed by atoms with E-state index in [1.54, 1.807) is 5.41 Å². The number of methoxy groups -OCH3 is 2. The van der Waals surface area contributed by atoms with E-state index >= 15 is 0 Å². The van der Waals surface area contributed by atoms with Crippen LogP contribution in [0.4, 0.5) is 0 Å². The van der Waals surface area contributed by atoms with Crippen LogP contribution in [-0.2, 0) is 4.79 Å². The molecule has 0 bridgehead atoms. The first-order chi connectivity index (χ1) is 14.5. The van der Waals surface area contributed by atoms with Crippen LogP contribution in [0.3, 0.4) is 0 Å². The van der Waals surface area contributed by atoms with Gasteiger partial charge in [-0.15, -0.1) is 12.4 Å². The molecular weight excluding hydrogens is 456 g/mol. The second kappa shape index (κ2) is 11.5. The van der Waals surface area contributed by atoms with E-state index in [2.05, 4.69) is 43.2 Å². The van der Waals surface area contributed by atoms with Gasteiger partial charge < -0.3 is 30.9 Å². The summed E-state index contributed by atoms with van der Waals surface area (Å²) in [6, 6.07) is 3.34. The normalized spacial score (nSPS) is 17.6. The van der Waals surface area contributed by atoms with Gasteiger partial charge in [0.15, 0.2) is 16.5 Å². The maximum absolute atomic E-state index is 13.1. The molecule has 2 amide bonds. The lowest BCUT2D eigenvalue weighted by molar-refractivity contribution is -0.115. The van der Waals surface area contributed by atoms with Crippen molar-refractivity contribution in [3.8, 4) is 17.2 Å². The van der Waals surface area contributed by atoms with Crippen molar-refractivity contribution in [1.82, 2.24) is 15.5 Å². The van der Waals surface area contributed by atoms with Crippen molar-refractivity contribution >= 4 is 36.0 Å². The lowest BCUT2D eigenvalue weighted by Gasteiger charge is -2.36. The summed E-state index contributed by atoms with van der Waals surface area (Å²) in [4.78, 5) is 26.1. The molecular formula is C21H33ClN4O5S. The molecule has 180 valence electrons. The third-order valence-electron chi connectivity index (χ3n) is 5.09. The predicted molar refractivity (Wildman–Crippen MR) is 128 cm³/mol. The Morgan fingerprint density at radius 2 is 1.75 bits per heavy atom. The number of aromatic hydroxyl groups is 1. The van der Waals surface area contributed by atoms with Gasteiger partial charge in [0, 0.05) is 42.6 Å². The van der Waals surface area contributed by atoms with Crippen molar-refractivity contribution in [3.63, 3.8) is 0 Å². The fraction of sp³-hybridized carbons (Fsp3) is 0.524.